The van der Waals surface area contributed by atoms with Gasteiger partial charge in [-0.1, -0.05) is 0 Å². The van der Waals surface area contributed by atoms with Gasteiger partial charge in [-0.05, 0) is 0 Å². The third-order valence-electron chi connectivity index (χ3n) is 3.14. The summed E-state index contributed by atoms with van der Waals surface area (Å²) in [5.74, 6) is 3.28. The first kappa shape index (κ1) is 16.6. The van der Waals surface area contributed by atoms with Gasteiger partial charge in [-0.25, -0.2) is 0 Å². The summed E-state index contributed by atoms with van der Waals surface area (Å²) in [6.07, 6.45) is 11.3. The quantitative estimate of drug-likeness (QED) is 0.316. The van der Waals surface area contributed by atoms with Gasteiger partial charge in [-0.2, -0.15) is 0 Å². The van der Waals surface area contributed by atoms with Gasteiger partial charge in [0.2, 0.25) is 0 Å². The minimum atomic E-state index is -0.0652. The van der Waals surface area contributed by atoms with Crippen LogP contribution in [0.5, 0.6) is 0 Å². The summed E-state index contributed by atoms with van der Waals surface area (Å²) in [4.78, 5) is 0. The van der Waals surface area contributed by atoms with Crippen LogP contribution in [0.2, 0.25) is 4.47 Å². The molecule has 0 aromatic heterocycles. The first-order valence-corrected chi connectivity index (χ1v) is 10.4. The zero-order chi connectivity index (χ0) is 13.6. The van der Waals surface area contributed by atoms with Gasteiger partial charge in [-0.3, -0.25) is 0 Å². The molecule has 0 radical (unpaired) electrons. The fourth-order valence-corrected chi connectivity index (χ4v) is 3.80. The Morgan fingerprint density at radius 1 is 0.842 bits per heavy atom. The molecule has 0 saturated heterocycles. The number of hydrogen-bond acceptors (Lipinski definition) is 0. The number of benzene rings is 1. The van der Waals surface area contributed by atoms with Crippen LogP contribution in [0.25, 0.3) is 0 Å². The maximum atomic E-state index is 3.40. The van der Waals surface area contributed by atoms with Crippen LogP contribution in [0.15, 0.2) is 30.3 Å². The first-order valence-electron chi connectivity index (χ1n) is 7.61. The Labute approximate surface area is 129 Å². The van der Waals surface area contributed by atoms with Crippen molar-refractivity contribution in [1.82, 2.24) is 0 Å². The fourth-order valence-electron chi connectivity index (χ4n) is 1.98. The van der Waals surface area contributed by atoms with Crippen LogP contribution >= 0.6 is 0 Å². The number of rotatable bonds is 9. The van der Waals surface area contributed by atoms with E-state index in [9.17, 15) is 0 Å². The van der Waals surface area contributed by atoms with Crippen molar-refractivity contribution in [3.63, 3.8) is 0 Å². The van der Waals surface area contributed by atoms with Gasteiger partial charge in [-0.15, -0.1) is 0 Å². The summed E-state index contributed by atoms with van der Waals surface area (Å²) in [5.41, 5.74) is 1.17. The van der Waals surface area contributed by atoms with Crippen LogP contribution in [-0.4, -0.2) is 20.9 Å². The summed E-state index contributed by atoms with van der Waals surface area (Å²) in [5, 5.41) is 0. The van der Waals surface area contributed by atoms with Gasteiger partial charge in [0.05, 0.1) is 0 Å². The molecule has 0 aliphatic rings. The van der Waals surface area contributed by atoms with Crippen molar-refractivity contribution < 1.29 is 0 Å². The predicted molar refractivity (Wildman–Crippen MR) is 86.5 cm³/mol. The maximum absolute atomic E-state index is 3.40. The molecule has 0 unspecified atom stereocenters. The molecule has 0 heterocycles. The molecule has 0 N–H and O–H groups in total. The van der Waals surface area contributed by atoms with Gasteiger partial charge in [0.15, 0.2) is 0 Å². The molecular weight excluding hydrogens is 344 g/mol. The molecule has 0 aliphatic heterocycles. The van der Waals surface area contributed by atoms with Gasteiger partial charge < -0.3 is 0 Å². The Kier molecular flexibility index (Phi) is 11.0. The van der Waals surface area contributed by atoms with Gasteiger partial charge in [0.25, 0.3) is 0 Å². The standard InChI is InChI=1S/C18H26Te/c1-2-3-4-5-6-7-8-12-16-19-17-15-18-13-10-9-11-14-18/h9-11,13-14H,2-8,12,16H2,1H3. The number of unbranched alkanes of at least 4 members (excludes halogenated alkanes) is 7. The minimum absolute atomic E-state index is 0.0652. The van der Waals surface area contributed by atoms with E-state index in [0.29, 0.717) is 0 Å². The average molecular weight is 370 g/mol. The molecule has 1 heteroatoms. The van der Waals surface area contributed by atoms with Crippen molar-refractivity contribution in [3.8, 4) is 9.89 Å². The normalized spacial score (nSPS) is 9.95. The molecule has 0 spiro atoms. The molecule has 0 bridgehead atoms. The van der Waals surface area contributed by atoms with Gasteiger partial charge >= 0.3 is 129 Å². The summed E-state index contributed by atoms with van der Waals surface area (Å²) in [6.45, 7) is 2.28. The Morgan fingerprint density at radius 2 is 1.47 bits per heavy atom. The van der Waals surface area contributed by atoms with Crippen molar-refractivity contribution in [2.75, 3.05) is 0 Å². The topological polar surface area (TPSA) is 0 Å². The van der Waals surface area contributed by atoms with Crippen molar-refractivity contribution in [1.29, 1.82) is 0 Å². The van der Waals surface area contributed by atoms with Crippen LogP contribution < -0.4 is 0 Å². The van der Waals surface area contributed by atoms with E-state index >= 15 is 0 Å². The molecule has 104 valence electrons. The van der Waals surface area contributed by atoms with Gasteiger partial charge in [0.1, 0.15) is 0 Å². The summed E-state index contributed by atoms with van der Waals surface area (Å²) >= 11 is -0.0652. The second-order valence-electron chi connectivity index (χ2n) is 4.92. The van der Waals surface area contributed by atoms with E-state index in [1.54, 1.807) is 0 Å². The van der Waals surface area contributed by atoms with Crippen molar-refractivity contribution in [3.05, 3.63) is 35.9 Å². The Balaban J connectivity index is 1.90. The molecular formula is C18H26Te. The van der Waals surface area contributed by atoms with E-state index in [-0.39, 0.29) is 20.9 Å². The summed E-state index contributed by atoms with van der Waals surface area (Å²) in [6, 6.07) is 10.3. The van der Waals surface area contributed by atoms with E-state index in [4.69, 9.17) is 0 Å². The van der Waals surface area contributed by atoms with E-state index in [1.807, 2.05) is 6.07 Å². The zero-order valence-corrected chi connectivity index (χ0v) is 14.5. The number of hydrogen-bond donors (Lipinski definition) is 0. The van der Waals surface area contributed by atoms with Crippen molar-refractivity contribution in [2.45, 2.75) is 62.8 Å². The molecule has 0 fully saturated rings. The first-order chi connectivity index (χ1) is 9.43. The molecule has 0 amide bonds. The molecule has 1 aromatic rings. The molecule has 0 aliphatic carbocycles. The monoisotopic (exact) mass is 372 g/mol. The van der Waals surface area contributed by atoms with Crippen LogP contribution in [0.3, 0.4) is 0 Å². The second kappa shape index (κ2) is 12.6. The third-order valence-corrected chi connectivity index (χ3v) is 5.25. The van der Waals surface area contributed by atoms with E-state index in [2.05, 4.69) is 41.1 Å². The van der Waals surface area contributed by atoms with Crippen molar-refractivity contribution in [2.24, 2.45) is 0 Å². The Hall–Kier alpha value is -0.430. The molecule has 0 atom stereocenters. The average Bonchev–Trinajstić information content (AvgIpc) is 2.46. The SMILES string of the molecule is CCCCCCCCCC[Te]C#Cc1ccccc1. The molecule has 1 rings (SSSR count). The van der Waals surface area contributed by atoms with E-state index in [1.165, 1.54) is 61.4 Å². The van der Waals surface area contributed by atoms with Crippen LogP contribution in [0, 0.1) is 9.89 Å². The predicted octanol–water partition coefficient (Wildman–Crippen LogP) is 5.26. The second-order valence-corrected chi connectivity index (χ2v) is 7.49. The molecule has 1 aromatic carbocycles. The fraction of sp³-hybridized carbons (Fsp3) is 0.556. The van der Waals surface area contributed by atoms with E-state index < -0.39 is 0 Å². The van der Waals surface area contributed by atoms with Crippen molar-refractivity contribution >= 4 is 20.9 Å². The van der Waals surface area contributed by atoms with Crippen LogP contribution in [-0.2, 0) is 0 Å². The molecule has 19 heavy (non-hydrogen) atoms. The zero-order valence-electron chi connectivity index (χ0n) is 12.2. The molecule has 0 saturated carbocycles. The van der Waals surface area contributed by atoms with Crippen LogP contribution in [0.4, 0.5) is 0 Å². The Morgan fingerprint density at radius 3 is 2.16 bits per heavy atom. The van der Waals surface area contributed by atoms with E-state index in [0.717, 1.165) is 0 Å². The molecule has 0 nitrogen and oxygen atoms in total. The Bertz CT molecular complexity index is 358. The van der Waals surface area contributed by atoms with Gasteiger partial charge in [0, 0.05) is 0 Å². The summed E-state index contributed by atoms with van der Waals surface area (Å²) in [7, 11) is 0. The third kappa shape index (κ3) is 10.1. The van der Waals surface area contributed by atoms with Crippen LogP contribution in [0.1, 0.15) is 63.9 Å². The summed E-state index contributed by atoms with van der Waals surface area (Å²) < 4.78 is 4.79.